The zero-order valence-electron chi connectivity index (χ0n) is 9.97. The number of carbonyl (C=O) groups is 1. The summed E-state index contributed by atoms with van der Waals surface area (Å²) in [7, 11) is 0. The molecule has 2 aromatic carbocycles. The van der Waals surface area contributed by atoms with Crippen molar-refractivity contribution in [3.8, 4) is 0 Å². The second kappa shape index (κ2) is 5.44. The Morgan fingerprint density at radius 2 is 1.65 bits per heavy atom. The number of hydrogen-bond acceptors (Lipinski definition) is 1. The quantitative estimate of drug-likeness (QED) is 0.726. The van der Waals surface area contributed by atoms with Crippen LogP contribution in [0.2, 0.25) is 0 Å². The summed E-state index contributed by atoms with van der Waals surface area (Å²) in [6.45, 7) is 2.07. The van der Waals surface area contributed by atoms with Gasteiger partial charge in [-0.05, 0) is 24.5 Å². The van der Waals surface area contributed by atoms with Crippen LogP contribution in [-0.2, 0) is 11.2 Å². The molecule has 0 saturated carbocycles. The van der Waals surface area contributed by atoms with Crippen molar-refractivity contribution in [3.05, 3.63) is 71.3 Å². The lowest BCUT2D eigenvalue weighted by Crippen LogP contribution is -2.04. The van der Waals surface area contributed by atoms with Gasteiger partial charge in [-0.15, -0.1) is 0 Å². The monoisotopic (exact) mass is 224 g/mol. The molecule has 0 amide bonds. The van der Waals surface area contributed by atoms with Crippen molar-refractivity contribution < 1.29 is 4.79 Å². The van der Waals surface area contributed by atoms with Crippen LogP contribution in [0, 0.1) is 6.92 Å². The van der Waals surface area contributed by atoms with Crippen LogP contribution in [-0.4, -0.2) is 6.29 Å². The third-order valence-corrected chi connectivity index (χ3v) is 2.97. The molecule has 86 valence electrons. The van der Waals surface area contributed by atoms with Crippen LogP contribution >= 0.6 is 0 Å². The predicted molar refractivity (Wildman–Crippen MR) is 70.1 cm³/mol. The summed E-state index contributed by atoms with van der Waals surface area (Å²) in [5.74, 6) is -0.0427. The van der Waals surface area contributed by atoms with Gasteiger partial charge in [-0.1, -0.05) is 60.2 Å². The standard InChI is InChI=1S/C16H16O/c1-13-7-9-14(10-8-13)11-16(12-17)15-5-3-2-4-6-15/h2-10,12,16H,11H2,1H3. The smallest absolute Gasteiger partial charge is 0.127 e. The molecule has 0 heterocycles. The molecule has 17 heavy (non-hydrogen) atoms. The van der Waals surface area contributed by atoms with Crippen molar-refractivity contribution in [1.29, 1.82) is 0 Å². The van der Waals surface area contributed by atoms with Crippen molar-refractivity contribution >= 4 is 6.29 Å². The largest absolute Gasteiger partial charge is 0.303 e. The van der Waals surface area contributed by atoms with E-state index in [2.05, 4.69) is 31.2 Å². The van der Waals surface area contributed by atoms with Crippen molar-refractivity contribution in [3.63, 3.8) is 0 Å². The molecule has 0 aliphatic heterocycles. The number of aldehydes is 1. The van der Waals surface area contributed by atoms with E-state index < -0.39 is 0 Å². The third-order valence-electron chi connectivity index (χ3n) is 2.97. The first-order valence-electron chi connectivity index (χ1n) is 5.85. The van der Waals surface area contributed by atoms with E-state index in [1.165, 1.54) is 11.1 Å². The van der Waals surface area contributed by atoms with Gasteiger partial charge in [0, 0.05) is 5.92 Å². The molecule has 0 bridgehead atoms. The van der Waals surface area contributed by atoms with Crippen LogP contribution < -0.4 is 0 Å². The average molecular weight is 224 g/mol. The summed E-state index contributed by atoms with van der Waals surface area (Å²) in [6.07, 6.45) is 1.81. The Morgan fingerprint density at radius 3 is 2.24 bits per heavy atom. The van der Waals surface area contributed by atoms with Gasteiger partial charge >= 0.3 is 0 Å². The van der Waals surface area contributed by atoms with E-state index in [1.807, 2.05) is 30.3 Å². The molecule has 1 nitrogen and oxygen atoms in total. The molecule has 1 unspecified atom stereocenters. The molecule has 0 aliphatic carbocycles. The Morgan fingerprint density at radius 1 is 1.00 bits per heavy atom. The topological polar surface area (TPSA) is 17.1 Å². The Kier molecular flexibility index (Phi) is 3.71. The fourth-order valence-electron chi connectivity index (χ4n) is 1.92. The maximum Gasteiger partial charge on any atom is 0.127 e. The SMILES string of the molecule is Cc1ccc(CC(C=O)c2ccccc2)cc1. The highest BCUT2D eigenvalue weighted by molar-refractivity contribution is 5.62. The van der Waals surface area contributed by atoms with Gasteiger partial charge < -0.3 is 4.79 Å². The minimum Gasteiger partial charge on any atom is -0.303 e. The summed E-state index contributed by atoms with van der Waals surface area (Å²) in [4.78, 5) is 11.2. The minimum absolute atomic E-state index is 0.0427. The number of rotatable bonds is 4. The summed E-state index contributed by atoms with van der Waals surface area (Å²) in [5.41, 5.74) is 3.54. The normalized spacial score (nSPS) is 12.1. The first kappa shape index (κ1) is 11.6. The molecule has 1 heteroatoms. The lowest BCUT2D eigenvalue weighted by molar-refractivity contribution is -0.109. The van der Waals surface area contributed by atoms with Crippen molar-refractivity contribution in [2.45, 2.75) is 19.3 Å². The number of aryl methyl sites for hydroxylation is 1. The molecule has 0 saturated heterocycles. The molecule has 1 atom stereocenters. The highest BCUT2D eigenvalue weighted by atomic mass is 16.1. The second-order valence-corrected chi connectivity index (χ2v) is 4.34. The molecule has 2 rings (SSSR count). The molecule has 0 aromatic heterocycles. The van der Waals surface area contributed by atoms with E-state index >= 15 is 0 Å². The fraction of sp³-hybridized carbons (Fsp3) is 0.188. The Balaban J connectivity index is 2.16. The maximum absolute atomic E-state index is 11.2. The highest BCUT2D eigenvalue weighted by Gasteiger charge is 2.10. The molecular weight excluding hydrogens is 208 g/mol. The summed E-state index contributed by atoms with van der Waals surface area (Å²) in [6, 6.07) is 18.3. The molecule has 0 N–H and O–H groups in total. The second-order valence-electron chi connectivity index (χ2n) is 4.34. The van der Waals surface area contributed by atoms with Crippen LogP contribution in [0.5, 0.6) is 0 Å². The highest BCUT2D eigenvalue weighted by Crippen LogP contribution is 2.18. The predicted octanol–water partition coefficient (Wildman–Crippen LogP) is 3.52. The fourth-order valence-corrected chi connectivity index (χ4v) is 1.92. The Bertz CT molecular complexity index is 471. The van der Waals surface area contributed by atoms with Crippen molar-refractivity contribution in [2.75, 3.05) is 0 Å². The third kappa shape index (κ3) is 3.04. The molecule has 0 aliphatic rings. The molecular formula is C16H16O. The average Bonchev–Trinajstić information content (AvgIpc) is 2.39. The van der Waals surface area contributed by atoms with Gasteiger partial charge in [0.15, 0.2) is 0 Å². The van der Waals surface area contributed by atoms with Crippen molar-refractivity contribution in [2.24, 2.45) is 0 Å². The van der Waals surface area contributed by atoms with E-state index in [0.717, 1.165) is 18.3 Å². The first-order chi connectivity index (χ1) is 8.29. The van der Waals surface area contributed by atoms with Crippen molar-refractivity contribution in [1.82, 2.24) is 0 Å². The van der Waals surface area contributed by atoms with Crippen LogP contribution in [0.3, 0.4) is 0 Å². The summed E-state index contributed by atoms with van der Waals surface area (Å²) >= 11 is 0. The van der Waals surface area contributed by atoms with Gasteiger partial charge in [0.1, 0.15) is 6.29 Å². The van der Waals surface area contributed by atoms with Crippen LogP contribution in [0.25, 0.3) is 0 Å². The lowest BCUT2D eigenvalue weighted by Gasteiger charge is -2.10. The number of hydrogen-bond donors (Lipinski definition) is 0. The van der Waals surface area contributed by atoms with Gasteiger partial charge in [0.2, 0.25) is 0 Å². The van der Waals surface area contributed by atoms with E-state index in [4.69, 9.17) is 0 Å². The minimum atomic E-state index is -0.0427. The van der Waals surface area contributed by atoms with Gasteiger partial charge in [-0.25, -0.2) is 0 Å². The molecule has 2 aromatic rings. The van der Waals surface area contributed by atoms with Crippen LogP contribution in [0.15, 0.2) is 54.6 Å². The Hall–Kier alpha value is -1.89. The molecule has 0 fully saturated rings. The first-order valence-corrected chi connectivity index (χ1v) is 5.85. The van der Waals surface area contributed by atoms with Gasteiger partial charge in [0.25, 0.3) is 0 Å². The van der Waals surface area contributed by atoms with Crippen LogP contribution in [0.1, 0.15) is 22.6 Å². The number of carbonyl (C=O) groups excluding carboxylic acids is 1. The van der Waals surface area contributed by atoms with Gasteiger partial charge in [-0.3, -0.25) is 0 Å². The van der Waals surface area contributed by atoms with E-state index in [0.29, 0.717) is 0 Å². The van der Waals surface area contributed by atoms with E-state index in [1.54, 1.807) is 0 Å². The van der Waals surface area contributed by atoms with Crippen LogP contribution in [0.4, 0.5) is 0 Å². The van der Waals surface area contributed by atoms with Gasteiger partial charge in [-0.2, -0.15) is 0 Å². The Labute approximate surface area is 102 Å². The van der Waals surface area contributed by atoms with E-state index in [-0.39, 0.29) is 5.92 Å². The summed E-state index contributed by atoms with van der Waals surface area (Å²) < 4.78 is 0. The van der Waals surface area contributed by atoms with Gasteiger partial charge in [0.05, 0.1) is 0 Å². The summed E-state index contributed by atoms with van der Waals surface area (Å²) in [5, 5.41) is 0. The zero-order valence-corrected chi connectivity index (χ0v) is 9.97. The van der Waals surface area contributed by atoms with E-state index in [9.17, 15) is 4.79 Å². The lowest BCUT2D eigenvalue weighted by atomic mass is 9.93. The zero-order chi connectivity index (χ0) is 12.1. The maximum atomic E-state index is 11.2. The molecule has 0 spiro atoms. The number of benzene rings is 2. The molecule has 0 radical (unpaired) electrons.